The highest BCUT2D eigenvalue weighted by atomic mass is 35.5. The summed E-state index contributed by atoms with van der Waals surface area (Å²) in [5.74, 6) is 2.08. The predicted octanol–water partition coefficient (Wildman–Crippen LogP) is 4.98. The van der Waals surface area contributed by atoms with Crippen LogP contribution in [-0.2, 0) is 13.1 Å². The zero-order valence-electron chi connectivity index (χ0n) is 18.3. The van der Waals surface area contributed by atoms with E-state index in [-0.39, 0.29) is 5.91 Å². The third kappa shape index (κ3) is 4.07. The molecule has 0 fully saturated rings. The van der Waals surface area contributed by atoms with Crippen molar-refractivity contribution in [1.29, 1.82) is 0 Å². The highest BCUT2D eigenvalue weighted by molar-refractivity contribution is 6.31. The monoisotopic (exact) mass is 462 g/mol. The second-order valence-electron chi connectivity index (χ2n) is 7.80. The van der Waals surface area contributed by atoms with Gasteiger partial charge < -0.3 is 24.3 Å². The maximum atomic E-state index is 12.7. The first-order valence-corrected chi connectivity index (χ1v) is 11.0. The number of methoxy groups -OCH3 is 2. The van der Waals surface area contributed by atoms with Gasteiger partial charge >= 0.3 is 0 Å². The smallest absolute Gasteiger partial charge is 0.255 e. The summed E-state index contributed by atoms with van der Waals surface area (Å²) in [5, 5.41) is 3.62. The van der Waals surface area contributed by atoms with Gasteiger partial charge in [0.05, 0.1) is 37.5 Å². The van der Waals surface area contributed by atoms with Crippen LogP contribution in [0.4, 0.5) is 11.4 Å². The first kappa shape index (κ1) is 21.2. The molecule has 8 heteroatoms. The second kappa shape index (κ2) is 8.67. The minimum atomic E-state index is -0.214. The van der Waals surface area contributed by atoms with Crippen LogP contribution >= 0.6 is 11.6 Å². The largest absolute Gasteiger partial charge is 0.497 e. The van der Waals surface area contributed by atoms with E-state index in [2.05, 4.69) is 14.8 Å². The molecule has 0 saturated carbocycles. The molecule has 5 rings (SSSR count). The van der Waals surface area contributed by atoms with Crippen LogP contribution in [-0.4, -0.2) is 36.2 Å². The topological polar surface area (TPSA) is 68.6 Å². The van der Waals surface area contributed by atoms with Crippen molar-refractivity contribution in [2.45, 2.75) is 13.1 Å². The van der Waals surface area contributed by atoms with E-state index in [0.29, 0.717) is 34.3 Å². The normalized spacial score (nSPS) is 13.0. The number of fused-ring (bicyclic) bond motifs is 3. The number of hydrogen-bond donors (Lipinski definition) is 1. The Morgan fingerprint density at radius 2 is 1.82 bits per heavy atom. The van der Waals surface area contributed by atoms with Crippen LogP contribution in [0.3, 0.4) is 0 Å². The Kier molecular flexibility index (Phi) is 5.56. The number of rotatable bonds is 5. The fourth-order valence-electron chi connectivity index (χ4n) is 4.13. The van der Waals surface area contributed by atoms with Crippen molar-refractivity contribution in [2.75, 3.05) is 31.0 Å². The molecule has 1 amide bonds. The number of imidazole rings is 1. The van der Waals surface area contributed by atoms with E-state index in [1.165, 1.54) is 0 Å². The molecule has 1 aliphatic heterocycles. The molecule has 1 aliphatic rings. The molecule has 3 aromatic carbocycles. The predicted molar refractivity (Wildman–Crippen MR) is 130 cm³/mol. The molecular formula is C25H23ClN4O3. The molecule has 0 bridgehead atoms. The van der Waals surface area contributed by atoms with E-state index in [9.17, 15) is 4.79 Å². The standard InChI is InChI=1S/C25H23ClN4O3/c1-32-19-7-3-16(4-8-19)25(31)28-20-9-6-18(14-23(20)33-2)29-11-12-30-22-10-5-17(26)13-21(22)27-24(30)15-29/h3-10,13-14H,11-12,15H2,1-2H3,(H,28,31). The number of carbonyl (C=O) groups excluding carboxylic acids is 1. The summed E-state index contributed by atoms with van der Waals surface area (Å²) >= 11 is 6.13. The molecule has 168 valence electrons. The van der Waals surface area contributed by atoms with Gasteiger partial charge in [0.2, 0.25) is 0 Å². The molecule has 0 saturated heterocycles. The van der Waals surface area contributed by atoms with Crippen LogP contribution in [0.15, 0.2) is 60.7 Å². The molecule has 2 heterocycles. The average Bonchev–Trinajstić information content (AvgIpc) is 3.20. The third-order valence-corrected chi connectivity index (χ3v) is 6.10. The van der Waals surface area contributed by atoms with Crippen LogP contribution in [0.25, 0.3) is 11.0 Å². The first-order chi connectivity index (χ1) is 16.1. The molecule has 0 aliphatic carbocycles. The lowest BCUT2D eigenvalue weighted by Crippen LogP contribution is -2.33. The van der Waals surface area contributed by atoms with Gasteiger partial charge in [0.15, 0.2) is 0 Å². The highest BCUT2D eigenvalue weighted by Crippen LogP contribution is 2.33. The van der Waals surface area contributed by atoms with Crippen molar-refractivity contribution in [3.8, 4) is 11.5 Å². The number of nitrogens with zero attached hydrogens (tertiary/aromatic N) is 3. The van der Waals surface area contributed by atoms with E-state index in [1.54, 1.807) is 38.5 Å². The van der Waals surface area contributed by atoms with Crippen molar-refractivity contribution in [1.82, 2.24) is 9.55 Å². The second-order valence-corrected chi connectivity index (χ2v) is 8.24. The van der Waals surface area contributed by atoms with Crippen LogP contribution in [0.5, 0.6) is 11.5 Å². The summed E-state index contributed by atoms with van der Waals surface area (Å²) in [6.45, 7) is 2.33. The fraction of sp³-hybridized carbons (Fsp3) is 0.200. The molecule has 0 spiro atoms. The Morgan fingerprint density at radius 3 is 2.58 bits per heavy atom. The number of aromatic nitrogens is 2. The lowest BCUT2D eigenvalue weighted by Gasteiger charge is -2.30. The lowest BCUT2D eigenvalue weighted by atomic mass is 10.2. The molecule has 0 radical (unpaired) electrons. The van der Waals surface area contributed by atoms with Gasteiger partial charge in [0.1, 0.15) is 17.3 Å². The quantitative estimate of drug-likeness (QED) is 0.453. The Bertz CT molecular complexity index is 1330. The summed E-state index contributed by atoms with van der Waals surface area (Å²) < 4.78 is 13.0. The Morgan fingerprint density at radius 1 is 1.00 bits per heavy atom. The summed E-state index contributed by atoms with van der Waals surface area (Å²) in [5.41, 5.74) is 4.17. The highest BCUT2D eigenvalue weighted by Gasteiger charge is 2.21. The summed E-state index contributed by atoms with van der Waals surface area (Å²) in [6.07, 6.45) is 0. The number of halogens is 1. The van der Waals surface area contributed by atoms with E-state index in [4.69, 9.17) is 26.1 Å². The van der Waals surface area contributed by atoms with Gasteiger partial charge in [0.25, 0.3) is 5.91 Å². The van der Waals surface area contributed by atoms with Crippen LogP contribution in [0.2, 0.25) is 5.02 Å². The average molecular weight is 463 g/mol. The molecule has 0 atom stereocenters. The zero-order chi connectivity index (χ0) is 22.9. The van der Waals surface area contributed by atoms with Crippen molar-refractivity contribution in [2.24, 2.45) is 0 Å². The third-order valence-electron chi connectivity index (χ3n) is 5.87. The van der Waals surface area contributed by atoms with Gasteiger partial charge in [-0.1, -0.05) is 11.6 Å². The number of ether oxygens (including phenoxy) is 2. The van der Waals surface area contributed by atoms with Crippen molar-refractivity contribution >= 4 is 39.9 Å². The summed E-state index contributed by atoms with van der Waals surface area (Å²) in [6, 6.07) is 18.6. The maximum absolute atomic E-state index is 12.7. The van der Waals surface area contributed by atoms with E-state index in [0.717, 1.165) is 35.6 Å². The van der Waals surface area contributed by atoms with Crippen molar-refractivity contribution < 1.29 is 14.3 Å². The molecule has 0 unspecified atom stereocenters. The van der Waals surface area contributed by atoms with Crippen LogP contribution in [0.1, 0.15) is 16.2 Å². The van der Waals surface area contributed by atoms with Gasteiger partial charge in [-0.25, -0.2) is 4.98 Å². The van der Waals surface area contributed by atoms with Gasteiger partial charge in [-0.15, -0.1) is 0 Å². The lowest BCUT2D eigenvalue weighted by molar-refractivity contribution is 0.102. The van der Waals surface area contributed by atoms with Crippen LogP contribution in [0, 0.1) is 0 Å². The number of benzene rings is 3. The Labute approximate surface area is 196 Å². The van der Waals surface area contributed by atoms with E-state index < -0.39 is 0 Å². The number of nitrogens with one attached hydrogen (secondary N) is 1. The van der Waals surface area contributed by atoms with Gasteiger partial charge in [-0.2, -0.15) is 0 Å². The zero-order valence-corrected chi connectivity index (χ0v) is 19.1. The molecule has 1 N–H and O–H groups in total. The number of hydrogen-bond acceptors (Lipinski definition) is 5. The minimum absolute atomic E-state index is 0.214. The number of amides is 1. The van der Waals surface area contributed by atoms with Crippen molar-refractivity contribution in [3.05, 3.63) is 77.1 Å². The van der Waals surface area contributed by atoms with Gasteiger partial charge in [-0.3, -0.25) is 4.79 Å². The van der Waals surface area contributed by atoms with E-state index >= 15 is 0 Å². The molecule has 33 heavy (non-hydrogen) atoms. The summed E-state index contributed by atoms with van der Waals surface area (Å²) in [7, 11) is 3.19. The number of anilines is 2. The Balaban J connectivity index is 1.36. The fourth-order valence-corrected chi connectivity index (χ4v) is 4.30. The van der Waals surface area contributed by atoms with E-state index in [1.807, 2.05) is 36.4 Å². The minimum Gasteiger partial charge on any atom is -0.497 e. The van der Waals surface area contributed by atoms with Gasteiger partial charge in [-0.05, 0) is 54.6 Å². The van der Waals surface area contributed by atoms with Crippen LogP contribution < -0.4 is 19.7 Å². The molecule has 4 aromatic rings. The SMILES string of the molecule is COc1ccc(C(=O)Nc2ccc(N3CCn4c(nc5cc(Cl)ccc54)C3)cc2OC)cc1. The molecule has 7 nitrogen and oxygen atoms in total. The van der Waals surface area contributed by atoms with Crippen molar-refractivity contribution in [3.63, 3.8) is 0 Å². The first-order valence-electron chi connectivity index (χ1n) is 10.6. The summed E-state index contributed by atoms with van der Waals surface area (Å²) in [4.78, 5) is 19.7. The maximum Gasteiger partial charge on any atom is 0.255 e. The molecule has 1 aromatic heterocycles. The Hall–Kier alpha value is -3.71. The number of carbonyl (C=O) groups is 1. The van der Waals surface area contributed by atoms with Gasteiger partial charge in [0, 0.05) is 35.4 Å². The molecular weight excluding hydrogens is 440 g/mol.